The molecule has 1 amide bonds. The number of nitrogens with one attached hydrogen (secondary N) is 1. The van der Waals surface area contributed by atoms with Gasteiger partial charge in [-0.25, -0.2) is 5.43 Å². The van der Waals surface area contributed by atoms with Crippen molar-refractivity contribution in [1.82, 2.24) is 25.6 Å². The Kier molecular flexibility index (Phi) is 3.95. The van der Waals surface area contributed by atoms with Crippen molar-refractivity contribution in [1.29, 1.82) is 0 Å². The molecule has 0 unspecified atom stereocenters. The van der Waals surface area contributed by atoms with Gasteiger partial charge >= 0.3 is 5.00 Å². The summed E-state index contributed by atoms with van der Waals surface area (Å²) in [5.74, 6) is -0.517. The lowest BCUT2D eigenvalue weighted by Gasteiger charge is -1.96. The Balaban J connectivity index is 1.86. The molecule has 0 aromatic carbocycles. The Morgan fingerprint density at radius 3 is 3.05 bits per heavy atom. The number of aromatic nitrogens is 4. The first-order valence-electron chi connectivity index (χ1n) is 5.14. The van der Waals surface area contributed by atoms with E-state index in [9.17, 15) is 14.9 Å². The van der Waals surface area contributed by atoms with Crippen LogP contribution in [0.5, 0.6) is 0 Å². The van der Waals surface area contributed by atoms with Gasteiger partial charge in [0.25, 0.3) is 11.9 Å². The topological polar surface area (TPSA) is 154 Å². The quantitative estimate of drug-likeness (QED) is 0.423. The van der Waals surface area contributed by atoms with E-state index < -0.39 is 10.8 Å². The van der Waals surface area contributed by atoms with E-state index in [-0.39, 0.29) is 17.5 Å². The number of nitro groups is 1. The normalized spacial score (nSPS) is 10.8. The molecule has 0 saturated heterocycles. The lowest BCUT2D eigenvalue weighted by Crippen LogP contribution is -2.24. The first kappa shape index (κ1) is 13.5. The summed E-state index contributed by atoms with van der Waals surface area (Å²) in [5, 5.41) is 24.7. The van der Waals surface area contributed by atoms with Gasteiger partial charge < -0.3 is 5.73 Å². The van der Waals surface area contributed by atoms with Crippen molar-refractivity contribution in [3.63, 3.8) is 0 Å². The van der Waals surface area contributed by atoms with Crippen LogP contribution < -0.4 is 11.2 Å². The maximum atomic E-state index is 11.4. The zero-order valence-electron chi connectivity index (χ0n) is 9.83. The fourth-order valence-corrected chi connectivity index (χ4v) is 1.86. The molecule has 0 atom stereocenters. The molecule has 2 rings (SSSR count). The van der Waals surface area contributed by atoms with Gasteiger partial charge in [0.15, 0.2) is 0 Å². The predicted molar refractivity (Wildman–Crippen MR) is 68.9 cm³/mol. The first-order valence-corrected chi connectivity index (χ1v) is 5.95. The number of hydrogen-bond donors (Lipinski definition) is 2. The summed E-state index contributed by atoms with van der Waals surface area (Å²) in [5.41, 5.74) is 7.46. The molecule has 2 aromatic rings. The van der Waals surface area contributed by atoms with Crippen LogP contribution in [0.1, 0.15) is 4.88 Å². The van der Waals surface area contributed by atoms with Gasteiger partial charge in [-0.1, -0.05) is 16.4 Å². The standard InChI is InChI=1S/C8H8N8O3S/c9-8-12-14-15(13-8)4-6(17)11-10-3-5-1-2-7(20-5)16(18)19/h1-3H,4H2,(H2,9,13)(H,11,17). The molecule has 104 valence electrons. The molecule has 0 radical (unpaired) electrons. The molecule has 0 spiro atoms. The van der Waals surface area contributed by atoms with Gasteiger partial charge in [0.2, 0.25) is 0 Å². The number of nitrogens with zero attached hydrogens (tertiary/aromatic N) is 6. The first-order chi connectivity index (χ1) is 9.54. The largest absolute Gasteiger partial charge is 0.365 e. The Hall–Kier alpha value is -2.89. The minimum Gasteiger partial charge on any atom is -0.365 e. The van der Waals surface area contributed by atoms with Crippen molar-refractivity contribution >= 4 is 34.4 Å². The molecule has 3 N–H and O–H groups in total. The molecule has 0 aliphatic heterocycles. The smallest absolute Gasteiger partial charge is 0.324 e. The maximum absolute atomic E-state index is 11.4. The molecular formula is C8H8N8O3S. The minimum atomic E-state index is -0.499. The SMILES string of the molecule is Nc1nnn(CC(=O)NN=Cc2ccc([N+](=O)[O-])s2)n1. The number of nitrogen functional groups attached to an aromatic ring is 1. The molecular weight excluding hydrogens is 288 g/mol. The lowest BCUT2D eigenvalue weighted by molar-refractivity contribution is -0.380. The zero-order chi connectivity index (χ0) is 14.5. The molecule has 20 heavy (non-hydrogen) atoms. The van der Waals surface area contributed by atoms with Crippen LogP contribution in [-0.4, -0.2) is 37.3 Å². The zero-order valence-corrected chi connectivity index (χ0v) is 10.6. The second-order valence-electron chi connectivity index (χ2n) is 3.40. The predicted octanol–water partition coefficient (Wildman–Crippen LogP) is -0.625. The second kappa shape index (κ2) is 5.83. The molecule has 2 aromatic heterocycles. The van der Waals surface area contributed by atoms with E-state index in [1.807, 2.05) is 0 Å². The molecule has 0 bridgehead atoms. The second-order valence-corrected chi connectivity index (χ2v) is 4.50. The summed E-state index contributed by atoms with van der Waals surface area (Å²) in [6.07, 6.45) is 1.30. The highest BCUT2D eigenvalue weighted by molar-refractivity contribution is 7.16. The minimum absolute atomic E-state index is 0.0000622. The number of hydrogen-bond acceptors (Lipinski definition) is 9. The van der Waals surface area contributed by atoms with Gasteiger partial charge in [-0.2, -0.15) is 9.90 Å². The summed E-state index contributed by atoms with van der Waals surface area (Å²) < 4.78 is 0. The van der Waals surface area contributed by atoms with Crippen molar-refractivity contribution in [3.05, 3.63) is 27.1 Å². The van der Waals surface area contributed by atoms with Crippen molar-refractivity contribution in [3.8, 4) is 0 Å². The van der Waals surface area contributed by atoms with E-state index in [2.05, 4.69) is 25.9 Å². The number of carbonyl (C=O) groups is 1. The Labute approximate surface area is 115 Å². The van der Waals surface area contributed by atoms with Crippen molar-refractivity contribution in [2.45, 2.75) is 6.54 Å². The van der Waals surface area contributed by atoms with Crippen molar-refractivity contribution in [2.75, 3.05) is 5.73 Å². The summed E-state index contributed by atoms with van der Waals surface area (Å²) in [6, 6.07) is 2.88. The molecule has 0 fully saturated rings. The van der Waals surface area contributed by atoms with Gasteiger partial charge in [0.05, 0.1) is 16.0 Å². The number of anilines is 1. The van der Waals surface area contributed by atoms with Gasteiger partial charge in [-0.05, 0) is 11.3 Å². The third kappa shape index (κ3) is 3.55. The van der Waals surface area contributed by atoms with Crippen LogP contribution >= 0.6 is 11.3 Å². The fourth-order valence-electron chi connectivity index (χ4n) is 1.16. The number of amides is 1. The highest BCUT2D eigenvalue weighted by Gasteiger charge is 2.08. The van der Waals surface area contributed by atoms with Crippen LogP contribution in [-0.2, 0) is 11.3 Å². The van der Waals surface area contributed by atoms with E-state index in [0.29, 0.717) is 4.88 Å². The van der Waals surface area contributed by atoms with Crippen LogP contribution in [0, 0.1) is 10.1 Å². The number of rotatable bonds is 5. The third-order valence-electron chi connectivity index (χ3n) is 1.93. The maximum Gasteiger partial charge on any atom is 0.324 e. The Bertz CT molecular complexity index is 662. The highest BCUT2D eigenvalue weighted by atomic mass is 32.1. The summed E-state index contributed by atoms with van der Waals surface area (Å²) in [4.78, 5) is 22.9. The molecule has 0 aliphatic carbocycles. The van der Waals surface area contributed by atoms with E-state index in [1.54, 1.807) is 0 Å². The Morgan fingerprint density at radius 1 is 1.65 bits per heavy atom. The molecule has 12 heteroatoms. The molecule has 11 nitrogen and oxygen atoms in total. The average molecular weight is 296 g/mol. The van der Waals surface area contributed by atoms with E-state index >= 15 is 0 Å². The average Bonchev–Trinajstić information content (AvgIpc) is 2.99. The molecule has 2 heterocycles. The van der Waals surface area contributed by atoms with Crippen LogP contribution in [0.25, 0.3) is 0 Å². The van der Waals surface area contributed by atoms with Crippen LogP contribution in [0.2, 0.25) is 0 Å². The number of nitrogens with two attached hydrogens (primary N) is 1. The molecule has 0 aliphatic rings. The van der Waals surface area contributed by atoms with Crippen LogP contribution in [0.3, 0.4) is 0 Å². The van der Waals surface area contributed by atoms with Gasteiger partial charge in [0, 0.05) is 6.07 Å². The highest BCUT2D eigenvalue weighted by Crippen LogP contribution is 2.22. The Morgan fingerprint density at radius 2 is 2.45 bits per heavy atom. The van der Waals surface area contributed by atoms with E-state index in [4.69, 9.17) is 5.73 Å². The third-order valence-corrected chi connectivity index (χ3v) is 2.90. The number of carbonyl (C=O) groups excluding carboxylic acids is 1. The van der Waals surface area contributed by atoms with E-state index in [0.717, 1.165) is 16.1 Å². The van der Waals surface area contributed by atoms with Crippen molar-refractivity contribution in [2.24, 2.45) is 5.10 Å². The van der Waals surface area contributed by atoms with Crippen molar-refractivity contribution < 1.29 is 9.72 Å². The number of thiophene rings is 1. The van der Waals surface area contributed by atoms with E-state index in [1.165, 1.54) is 18.3 Å². The monoisotopic (exact) mass is 296 g/mol. The summed E-state index contributed by atoms with van der Waals surface area (Å²) in [6.45, 7) is -0.188. The summed E-state index contributed by atoms with van der Waals surface area (Å²) >= 11 is 0.944. The van der Waals surface area contributed by atoms with Gasteiger partial charge in [-0.15, -0.1) is 5.10 Å². The fraction of sp³-hybridized carbons (Fsp3) is 0.125. The van der Waals surface area contributed by atoms with Crippen LogP contribution in [0.15, 0.2) is 17.2 Å². The van der Waals surface area contributed by atoms with Gasteiger partial charge in [0.1, 0.15) is 6.54 Å². The number of hydrazone groups is 1. The molecule has 0 saturated carbocycles. The lowest BCUT2D eigenvalue weighted by atomic mass is 10.5. The van der Waals surface area contributed by atoms with Crippen LogP contribution in [0.4, 0.5) is 10.9 Å². The number of tetrazole rings is 1. The summed E-state index contributed by atoms with van der Waals surface area (Å²) in [7, 11) is 0. The van der Waals surface area contributed by atoms with Gasteiger partial charge in [-0.3, -0.25) is 14.9 Å².